The molecule has 1 N–H and O–H groups in total. The molecule has 1 aromatic rings. The van der Waals surface area contributed by atoms with E-state index in [-0.39, 0.29) is 10.6 Å². The number of thioether (sulfide) groups is 1. The predicted octanol–water partition coefficient (Wildman–Crippen LogP) is 3.91. The van der Waals surface area contributed by atoms with Crippen molar-refractivity contribution in [1.29, 1.82) is 0 Å². The molecule has 2 nitrogen and oxygen atoms in total. The van der Waals surface area contributed by atoms with E-state index in [1.54, 1.807) is 13.8 Å². The molecule has 0 aromatic heterocycles. The van der Waals surface area contributed by atoms with Gasteiger partial charge in [-0.3, -0.25) is 0 Å². The van der Waals surface area contributed by atoms with Crippen LogP contribution >= 0.6 is 11.8 Å². The van der Waals surface area contributed by atoms with Crippen molar-refractivity contribution >= 4 is 17.4 Å². The van der Waals surface area contributed by atoms with Crippen LogP contribution in [0.3, 0.4) is 0 Å². The highest BCUT2D eigenvalue weighted by Gasteiger charge is 2.25. The summed E-state index contributed by atoms with van der Waals surface area (Å²) in [6.45, 7) is 9.91. The summed E-state index contributed by atoms with van der Waals surface area (Å²) in [7, 11) is 0. The second-order valence-corrected chi connectivity index (χ2v) is 7.98. The first-order valence-electron chi connectivity index (χ1n) is 7.17. The molecule has 1 aliphatic heterocycles. The van der Waals surface area contributed by atoms with Crippen molar-refractivity contribution in [3.05, 3.63) is 29.1 Å². The van der Waals surface area contributed by atoms with Gasteiger partial charge in [0, 0.05) is 34.8 Å². The van der Waals surface area contributed by atoms with Gasteiger partial charge >= 0.3 is 0 Å². The monoisotopic (exact) mass is 297 g/mol. The van der Waals surface area contributed by atoms with E-state index in [0.717, 1.165) is 31.0 Å². The quantitative estimate of drug-likeness (QED) is 0.895. The van der Waals surface area contributed by atoms with Crippen LogP contribution in [0.15, 0.2) is 12.1 Å². The molecule has 0 saturated carbocycles. The van der Waals surface area contributed by atoms with Crippen LogP contribution in [-0.2, 0) is 0 Å². The SMILES string of the molecule is Cc1cc(N2CCSC(C)(C)CC2)c([C@@H](C)O)cc1F. The fraction of sp³-hybridized carbons (Fsp3) is 0.625. The maximum atomic E-state index is 13.8. The number of anilines is 1. The molecule has 0 amide bonds. The number of hydrogen-bond acceptors (Lipinski definition) is 3. The van der Waals surface area contributed by atoms with E-state index in [9.17, 15) is 9.50 Å². The lowest BCUT2D eigenvalue weighted by Gasteiger charge is -2.27. The van der Waals surface area contributed by atoms with Crippen LogP contribution in [0.4, 0.5) is 10.1 Å². The summed E-state index contributed by atoms with van der Waals surface area (Å²) in [4.78, 5) is 2.29. The van der Waals surface area contributed by atoms with E-state index >= 15 is 0 Å². The summed E-state index contributed by atoms with van der Waals surface area (Å²) >= 11 is 1.98. The molecule has 1 aliphatic rings. The second kappa shape index (κ2) is 5.94. The number of aryl methyl sites for hydroxylation is 1. The number of hydrogen-bond donors (Lipinski definition) is 1. The minimum atomic E-state index is -0.649. The van der Waals surface area contributed by atoms with Crippen molar-refractivity contribution in [1.82, 2.24) is 0 Å². The Morgan fingerprint density at radius 1 is 1.35 bits per heavy atom. The van der Waals surface area contributed by atoms with Gasteiger partial charge in [-0.05, 0) is 38.0 Å². The lowest BCUT2D eigenvalue weighted by Crippen LogP contribution is -2.28. The molecule has 0 aliphatic carbocycles. The Morgan fingerprint density at radius 2 is 2.05 bits per heavy atom. The van der Waals surface area contributed by atoms with E-state index in [2.05, 4.69) is 18.7 Å². The molecule has 1 fully saturated rings. The van der Waals surface area contributed by atoms with Crippen molar-refractivity contribution in [2.75, 3.05) is 23.7 Å². The Labute approximate surface area is 125 Å². The lowest BCUT2D eigenvalue weighted by molar-refractivity contribution is 0.199. The van der Waals surface area contributed by atoms with Crippen molar-refractivity contribution in [2.24, 2.45) is 0 Å². The number of aliphatic hydroxyl groups is 1. The third kappa shape index (κ3) is 3.47. The molecule has 0 bridgehead atoms. The first-order valence-corrected chi connectivity index (χ1v) is 8.16. The molecule has 0 radical (unpaired) electrons. The van der Waals surface area contributed by atoms with Gasteiger partial charge < -0.3 is 10.0 Å². The van der Waals surface area contributed by atoms with E-state index in [4.69, 9.17) is 0 Å². The molecule has 112 valence electrons. The maximum absolute atomic E-state index is 13.8. The smallest absolute Gasteiger partial charge is 0.126 e. The molecular formula is C16H24FNOS. The minimum Gasteiger partial charge on any atom is -0.389 e. The van der Waals surface area contributed by atoms with Crippen LogP contribution < -0.4 is 4.90 Å². The number of nitrogens with zero attached hydrogens (tertiary/aromatic N) is 1. The summed E-state index contributed by atoms with van der Waals surface area (Å²) < 4.78 is 14.0. The van der Waals surface area contributed by atoms with Crippen LogP contribution in [0, 0.1) is 12.7 Å². The topological polar surface area (TPSA) is 23.5 Å². The highest BCUT2D eigenvalue weighted by Crippen LogP contribution is 2.35. The van der Waals surface area contributed by atoms with Gasteiger partial charge in [-0.2, -0.15) is 11.8 Å². The van der Waals surface area contributed by atoms with E-state index in [1.165, 1.54) is 6.07 Å². The third-order valence-electron chi connectivity index (χ3n) is 3.94. The molecule has 1 aromatic carbocycles. The number of halogens is 1. The summed E-state index contributed by atoms with van der Waals surface area (Å²) in [6.07, 6.45) is 0.442. The lowest BCUT2D eigenvalue weighted by atomic mass is 10.0. The standard InChI is InChI=1S/C16H24FNOS/c1-11-9-15(13(12(2)19)10-14(11)17)18-6-5-16(3,4)20-8-7-18/h9-10,12,19H,5-8H2,1-4H3/t12-/m1/s1. The Kier molecular flexibility index (Phi) is 4.65. The Morgan fingerprint density at radius 3 is 2.70 bits per heavy atom. The van der Waals surface area contributed by atoms with Crippen LogP contribution in [0.2, 0.25) is 0 Å². The zero-order valence-electron chi connectivity index (χ0n) is 12.7. The number of benzene rings is 1. The van der Waals surface area contributed by atoms with Gasteiger partial charge in [0.1, 0.15) is 5.82 Å². The molecule has 0 unspecified atom stereocenters. The highest BCUT2D eigenvalue weighted by atomic mass is 32.2. The van der Waals surface area contributed by atoms with Crippen LogP contribution in [0.1, 0.15) is 44.4 Å². The van der Waals surface area contributed by atoms with Crippen molar-refractivity contribution in [3.63, 3.8) is 0 Å². The molecule has 1 saturated heterocycles. The average molecular weight is 297 g/mol. The number of aliphatic hydroxyl groups excluding tert-OH is 1. The van der Waals surface area contributed by atoms with Gasteiger partial charge in [-0.15, -0.1) is 0 Å². The van der Waals surface area contributed by atoms with Gasteiger partial charge in [0.25, 0.3) is 0 Å². The van der Waals surface area contributed by atoms with E-state index < -0.39 is 6.10 Å². The van der Waals surface area contributed by atoms with Gasteiger partial charge in [-0.1, -0.05) is 13.8 Å². The normalized spacial score (nSPS) is 20.6. The molecule has 4 heteroatoms. The Hall–Kier alpha value is -0.740. The number of rotatable bonds is 2. The van der Waals surface area contributed by atoms with Gasteiger partial charge in [0.15, 0.2) is 0 Å². The van der Waals surface area contributed by atoms with Gasteiger partial charge in [-0.25, -0.2) is 4.39 Å². The predicted molar refractivity (Wildman–Crippen MR) is 85.1 cm³/mol. The largest absolute Gasteiger partial charge is 0.389 e. The summed E-state index contributed by atoms with van der Waals surface area (Å²) in [5, 5.41) is 9.92. The average Bonchev–Trinajstić information content (AvgIpc) is 2.53. The van der Waals surface area contributed by atoms with Crippen LogP contribution in [0.25, 0.3) is 0 Å². The fourth-order valence-corrected chi connectivity index (χ4v) is 3.65. The Bertz CT molecular complexity index is 488. The van der Waals surface area contributed by atoms with Gasteiger partial charge in [0.2, 0.25) is 0 Å². The first-order chi connectivity index (χ1) is 9.30. The summed E-state index contributed by atoms with van der Waals surface area (Å²) in [5.74, 6) is 0.817. The molecule has 0 spiro atoms. The molecule has 2 rings (SSSR count). The van der Waals surface area contributed by atoms with Crippen LogP contribution in [-0.4, -0.2) is 28.7 Å². The Balaban J connectivity index is 2.34. The van der Waals surface area contributed by atoms with E-state index in [0.29, 0.717) is 11.1 Å². The van der Waals surface area contributed by atoms with Crippen molar-refractivity contribution < 1.29 is 9.50 Å². The molecule has 20 heavy (non-hydrogen) atoms. The van der Waals surface area contributed by atoms with Crippen molar-refractivity contribution in [2.45, 2.75) is 45.0 Å². The fourth-order valence-electron chi connectivity index (χ4n) is 2.55. The summed E-state index contributed by atoms with van der Waals surface area (Å²) in [6, 6.07) is 3.36. The highest BCUT2D eigenvalue weighted by molar-refractivity contribution is 8.00. The minimum absolute atomic E-state index is 0.242. The zero-order valence-corrected chi connectivity index (χ0v) is 13.6. The van der Waals surface area contributed by atoms with Crippen molar-refractivity contribution in [3.8, 4) is 0 Å². The van der Waals surface area contributed by atoms with E-state index in [1.807, 2.05) is 17.8 Å². The molecular weight excluding hydrogens is 273 g/mol. The second-order valence-electron chi connectivity index (χ2n) is 6.18. The molecule has 1 atom stereocenters. The first kappa shape index (κ1) is 15.6. The molecule has 1 heterocycles. The van der Waals surface area contributed by atoms with Crippen LogP contribution in [0.5, 0.6) is 0 Å². The summed E-state index contributed by atoms with van der Waals surface area (Å²) in [5.41, 5.74) is 2.32. The maximum Gasteiger partial charge on any atom is 0.126 e. The third-order valence-corrected chi connectivity index (χ3v) is 5.31. The zero-order chi connectivity index (χ0) is 14.9. The van der Waals surface area contributed by atoms with Gasteiger partial charge in [0.05, 0.1) is 6.10 Å².